The van der Waals surface area contributed by atoms with Gasteiger partial charge in [0.2, 0.25) is 0 Å². The second-order valence-corrected chi connectivity index (χ2v) is 11.8. The lowest BCUT2D eigenvalue weighted by Crippen LogP contribution is -2.57. The van der Waals surface area contributed by atoms with Crippen LogP contribution in [0.2, 0.25) is 0 Å². The van der Waals surface area contributed by atoms with Crippen molar-refractivity contribution in [1.29, 1.82) is 0 Å². The van der Waals surface area contributed by atoms with E-state index in [4.69, 9.17) is 4.74 Å². The van der Waals surface area contributed by atoms with Crippen molar-refractivity contribution in [1.82, 2.24) is 0 Å². The number of aliphatic hydroxyl groups is 1. The Bertz CT molecular complexity index is 538. The molecular weight excluding hydrogens is 360 g/mol. The van der Waals surface area contributed by atoms with Crippen molar-refractivity contribution in [3.05, 3.63) is 0 Å². The minimum absolute atomic E-state index is 0.0541. The molecule has 0 radical (unpaired) electrons. The molecular formula is C26H48O3. The zero-order valence-corrected chi connectivity index (χ0v) is 20.4. The second-order valence-electron chi connectivity index (χ2n) is 11.8. The van der Waals surface area contributed by atoms with E-state index in [1.165, 1.54) is 19.3 Å². The Morgan fingerprint density at radius 1 is 1.07 bits per heavy atom. The van der Waals surface area contributed by atoms with Crippen LogP contribution in [0.15, 0.2) is 0 Å². The zero-order chi connectivity index (χ0) is 21.9. The molecule has 2 fully saturated rings. The van der Waals surface area contributed by atoms with E-state index in [2.05, 4.69) is 48.5 Å². The minimum atomic E-state index is -0.554. The maximum Gasteiger partial charge on any atom is 0.306 e. The highest BCUT2D eigenvalue weighted by atomic mass is 16.5. The first-order chi connectivity index (χ1) is 13.4. The third kappa shape index (κ3) is 5.99. The molecule has 0 amide bonds. The molecule has 0 heterocycles. The Morgan fingerprint density at radius 3 is 2.41 bits per heavy atom. The van der Waals surface area contributed by atoms with Crippen molar-refractivity contribution in [3.63, 3.8) is 0 Å². The predicted molar refractivity (Wildman–Crippen MR) is 121 cm³/mol. The fourth-order valence-electron chi connectivity index (χ4n) is 6.72. The van der Waals surface area contributed by atoms with Gasteiger partial charge >= 0.3 is 5.97 Å². The molecule has 0 bridgehead atoms. The van der Waals surface area contributed by atoms with Gasteiger partial charge in [0.15, 0.2) is 0 Å². The number of fused-ring (bicyclic) bond motifs is 1. The summed E-state index contributed by atoms with van der Waals surface area (Å²) in [5.74, 6) is 1.95. The molecule has 0 aliphatic heterocycles. The molecule has 2 aliphatic carbocycles. The molecule has 2 unspecified atom stereocenters. The summed E-state index contributed by atoms with van der Waals surface area (Å²) in [6, 6.07) is 0. The van der Waals surface area contributed by atoms with E-state index in [1.807, 2.05) is 0 Å². The number of esters is 1. The van der Waals surface area contributed by atoms with Crippen LogP contribution in [0.1, 0.15) is 113 Å². The summed E-state index contributed by atoms with van der Waals surface area (Å²) < 4.78 is 5.46. The summed E-state index contributed by atoms with van der Waals surface area (Å²) in [6.07, 6.45) is 10.6. The number of ether oxygens (including phenoxy) is 1. The quantitative estimate of drug-likeness (QED) is 0.428. The Kier molecular flexibility index (Phi) is 8.27. The smallest absolute Gasteiger partial charge is 0.306 e. The molecule has 3 nitrogen and oxygen atoms in total. The van der Waals surface area contributed by atoms with E-state index in [1.54, 1.807) is 0 Å². The summed E-state index contributed by atoms with van der Waals surface area (Å²) in [4.78, 5) is 11.9. The highest BCUT2D eigenvalue weighted by Crippen LogP contribution is 2.63. The second kappa shape index (κ2) is 9.71. The molecule has 6 atom stereocenters. The van der Waals surface area contributed by atoms with Crippen LogP contribution in [0.3, 0.4) is 0 Å². The highest BCUT2D eigenvalue weighted by Gasteiger charge is 2.57. The number of carbonyl (C=O) groups excluding carboxylic acids is 1. The van der Waals surface area contributed by atoms with E-state index in [0.29, 0.717) is 42.1 Å². The van der Waals surface area contributed by atoms with E-state index >= 15 is 0 Å². The van der Waals surface area contributed by atoms with Crippen LogP contribution in [0, 0.1) is 34.5 Å². The van der Waals surface area contributed by atoms with E-state index < -0.39 is 5.60 Å². The molecule has 170 valence electrons. The van der Waals surface area contributed by atoms with E-state index in [-0.39, 0.29) is 11.4 Å². The normalized spacial score (nSPS) is 36.1. The maximum absolute atomic E-state index is 11.9. The molecule has 2 rings (SSSR count). The first kappa shape index (κ1) is 24.7. The third-order valence-corrected chi connectivity index (χ3v) is 8.80. The fraction of sp³-hybridized carbons (Fsp3) is 0.962. The van der Waals surface area contributed by atoms with Crippen molar-refractivity contribution in [2.75, 3.05) is 6.61 Å². The average Bonchev–Trinajstić information content (AvgIpc) is 2.59. The van der Waals surface area contributed by atoms with Gasteiger partial charge in [0.25, 0.3) is 0 Å². The number of rotatable bonds is 9. The topological polar surface area (TPSA) is 46.5 Å². The first-order valence-electron chi connectivity index (χ1n) is 12.3. The molecule has 0 saturated heterocycles. The van der Waals surface area contributed by atoms with Gasteiger partial charge in [0, 0.05) is 6.42 Å². The molecule has 0 aromatic rings. The molecule has 29 heavy (non-hydrogen) atoms. The lowest BCUT2D eigenvalue weighted by atomic mass is 9.45. The van der Waals surface area contributed by atoms with Crippen molar-refractivity contribution < 1.29 is 14.6 Å². The molecule has 2 aliphatic rings. The van der Waals surface area contributed by atoms with Gasteiger partial charge in [-0.3, -0.25) is 4.79 Å². The minimum Gasteiger partial charge on any atom is -0.466 e. The molecule has 0 aromatic heterocycles. The largest absolute Gasteiger partial charge is 0.466 e. The van der Waals surface area contributed by atoms with E-state index in [9.17, 15) is 9.90 Å². The predicted octanol–water partition coefficient (Wildman–Crippen LogP) is 6.77. The van der Waals surface area contributed by atoms with Crippen molar-refractivity contribution >= 4 is 5.97 Å². The fourth-order valence-corrected chi connectivity index (χ4v) is 6.72. The van der Waals surface area contributed by atoms with Gasteiger partial charge in [-0.25, -0.2) is 0 Å². The van der Waals surface area contributed by atoms with Gasteiger partial charge in [-0.1, -0.05) is 60.8 Å². The van der Waals surface area contributed by atoms with Crippen LogP contribution in [-0.2, 0) is 9.53 Å². The lowest BCUT2D eigenvalue weighted by molar-refractivity contribution is -0.170. The van der Waals surface area contributed by atoms with Crippen LogP contribution in [0.5, 0.6) is 0 Å². The summed E-state index contributed by atoms with van der Waals surface area (Å²) in [6.45, 7) is 16.5. The Balaban J connectivity index is 1.89. The molecule has 2 saturated carbocycles. The van der Waals surface area contributed by atoms with Crippen LogP contribution in [0.25, 0.3) is 0 Å². The Hall–Kier alpha value is -0.570. The van der Waals surface area contributed by atoms with Gasteiger partial charge in [-0.05, 0) is 80.0 Å². The Morgan fingerprint density at radius 2 is 1.76 bits per heavy atom. The van der Waals surface area contributed by atoms with E-state index in [0.717, 1.165) is 38.5 Å². The molecule has 0 aromatic carbocycles. The Labute approximate surface area is 180 Å². The van der Waals surface area contributed by atoms with Crippen LogP contribution < -0.4 is 0 Å². The number of hydrogen-bond acceptors (Lipinski definition) is 3. The van der Waals surface area contributed by atoms with Gasteiger partial charge in [0.05, 0.1) is 12.2 Å². The first-order valence-corrected chi connectivity index (χ1v) is 12.3. The SMILES string of the molecule is CCC(C)CC(=O)OCCC(C)CC[C@@H]1[C@@]2(C)CCCC(C)(C)[C@@H]2CC[C@@]1(C)O. The van der Waals surface area contributed by atoms with Gasteiger partial charge < -0.3 is 9.84 Å². The van der Waals surface area contributed by atoms with Crippen molar-refractivity contribution in [2.45, 2.75) is 118 Å². The molecule has 0 spiro atoms. The average molecular weight is 409 g/mol. The summed E-state index contributed by atoms with van der Waals surface area (Å²) >= 11 is 0. The summed E-state index contributed by atoms with van der Waals surface area (Å²) in [7, 11) is 0. The maximum atomic E-state index is 11.9. The van der Waals surface area contributed by atoms with Gasteiger partial charge in [-0.2, -0.15) is 0 Å². The lowest BCUT2D eigenvalue weighted by Gasteiger charge is -2.61. The monoisotopic (exact) mass is 408 g/mol. The summed E-state index contributed by atoms with van der Waals surface area (Å²) in [5.41, 5.74) is 0.0737. The third-order valence-electron chi connectivity index (χ3n) is 8.80. The standard InChI is InChI=1S/C26H48O3/c1-8-19(2)18-23(27)29-17-13-20(3)10-11-22-25(6)15-9-14-24(4,5)21(25)12-16-26(22,7)28/h19-22,28H,8-18H2,1-7H3/t19?,20?,21-,22+,25-,26+/m0/s1. The van der Waals surface area contributed by atoms with Gasteiger partial charge in [0.1, 0.15) is 0 Å². The van der Waals surface area contributed by atoms with Crippen molar-refractivity contribution in [2.24, 2.45) is 34.5 Å². The van der Waals surface area contributed by atoms with Crippen LogP contribution in [-0.4, -0.2) is 23.3 Å². The molecule has 1 N–H and O–H groups in total. The van der Waals surface area contributed by atoms with Gasteiger partial charge in [-0.15, -0.1) is 0 Å². The van der Waals surface area contributed by atoms with Crippen LogP contribution in [0.4, 0.5) is 0 Å². The van der Waals surface area contributed by atoms with Crippen molar-refractivity contribution in [3.8, 4) is 0 Å². The molecule has 3 heteroatoms. The zero-order valence-electron chi connectivity index (χ0n) is 20.4. The number of carbonyl (C=O) groups is 1. The van der Waals surface area contributed by atoms with Crippen LogP contribution >= 0.6 is 0 Å². The number of hydrogen-bond donors (Lipinski definition) is 1. The summed E-state index contributed by atoms with van der Waals surface area (Å²) in [5, 5.41) is 11.3. The highest BCUT2D eigenvalue weighted by molar-refractivity contribution is 5.69.